The number of hydrogen-bond donors (Lipinski definition) is 3. The van der Waals surface area contributed by atoms with Gasteiger partial charge in [-0.05, 0) is 25.5 Å². The number of sulfonamides is 1. The highest BCUT2D eigenvalue weighted by Gasteiger charge is 2.24. The van der Waals surface area contributed by atoms with Gasteiger partial charge in [-0.25, -0.2) is 8.78 Å². The zero-order chi connectivity index (χ0) is 15.8. The van der Waals surface area contributed by atoms with Crippen LogP contribution in [0.3, 0.4) is 0 Å². The molecule has 0 atom stereocenters. The number of rotatable bonds is 4. The molecular formula is C12H14F2N4O2S. The molecule has 4 N–H and O–H groups in total. The number of benzene rings is 1. The van der Waals surface area contributed by atoms with Crippen molar-refractivity contribution in [2.24, 2.45) is 5.73 Å². The van der Waals surface area contributed by atoms with E-state index >= 15 is 0 Å². The number of anilines is 1. The van der Waals surface area contributed by atoms with Gasteiger partial charge in [0, 0.05) is 23.9 Å². The van der Waals surface area contributed by atoms with Gasteiger partial charge in [0.05, 0.1) is 5.69 Å². The zero-order valence-corrected chi connectivity index (χ0v) is 12.2. The Morgan fingerprint density at radius 2 is 1.95 bits per heavy atom. The van der Waals surface area contributed by atoms with E-state index in [1.807, 2.05) is 4.72 Å². The maximum Gasteiger partial charge on any atom is 0.281 e. The molecule has 1 aromatic carbocycles. The molecule has 0 radical (unpaired) electrons. The van der Waals surface area contributed by atoms with Gasteiger partial charge in [-0.2, -0.15) is 13.5 Å². The number of hydrogen-bond acceptors (Lipinski definition) is 4. The molecule has 0 fully saturated rings. The Bertz CT molecular complexity index is 787. The largest absolute Gasteiger partial charge is 0.326 e. The quantitative estimate of drug-likeness (QED) is 0.797. The van der Waals surface area contributed by atoms with Crippen molar-refractivity contribution in [1.82, 2.24) is 10.2 Å². The third-order valence-electron chi connectivity index (χ3n) is 2.99. The number of nitrogens with two attached hydrogens (primary N) is 1. The van der Waals surface area contributed by atoms with Crippen molar-refractivity contribution in [2.45, 2.75) is 25.4 Å². The number of aromatic nitrogens is 2. The Morgan fingerprint density at radius 1 is 1.29 bits per heavy atom. The molecule has 0 unspecified atom stereocenters. The first-order valence-electron chi connectivity index (χ1n) is 5.98. The zero-order valence-electron chi connectivity index (χ0n) is 11.4. The Morgan fingerprint density at radius 3 is 2.57 bits per heavy atom. The van der Waals surface area contributed by atoms with Gasteiger partial charge in [-0.3, -0.25) is 9.82 Å². The Kier molecular flexibility index (Phi) is 3.97. The normalized spacial score (nSPS) is 11.7. The standard InChI is InChI=1S/C12H14F2N4O2S/c1-6-3-10(14)11(4-9(6)13)18-21(19,20)12-8(5-15)7(2)16-17-12/h3-4,18H,5,15H2,1-2H3,(H,16,17). The molecule has 2 rings (SSSR count). The van der Waals surface area contributed by atoms with Gasteiger partial charge in [-0.1, -0.05) is 0 Å². The van der Waals surface area contributed by atoms with Crippen LogP contribution in [-0.2, 0) is 16.6 Å². The topological polar surface area (TPSA) is 101 Å². The van der Waals surface area contributed by atoms with E-state index in [0.29, 0.717) is 5.69 Å². The summed E-state index contributed by atoms with van der Waals surface area (Å²) < 4.78 is 53.5. The monoisotopic (exact) mass is 316 g/mol. The van der Waals surface area contributed by atoms with Crippen LogP contribution < -0.4 is 10.5 Å². The van der Waals surface area contributed by atoms with Crippen LogP contribution in [0.15, 0.2) is 17.2 Å². The lowest BCUT2D eigenvalue weighted by Gasteiger charge is -2.09. The van der Waals surface area contributed by atoms with Gasteiger partial charge in [-0.15, -0.1) is 0 Å². The number of nitrogens with zero attached hydrogens (tertiary/aromatic N) is 1. The highest BCUT2D eigenvalue weighted by molar-refractivity contribution is 7.92. The van der Waals surface area contributed by atoms with E-state index in [4.69, 9.17) is 5.73 Å². The van der Waals surface area contributed by atoms with Crippen LogP contribution in [0.1, 0.15) is 16.8 Å². The SMILES string of the molecule is Cc1cc(F)c(NS(=O)(=O)c2n[nH]c(C)c2CN)cc1F. The molecule has 114 valence electrons. The summed E-state index contributed by atoms with van der Waals surface area (Å²) in [4.78, 5) is 0. The number of nitrogens with one attached hydrogen (secondary N) is 2. The number of H-pyrrole nitrogens is 1. The van der Waals surface area contributed by atoms with Gasteiger partial charge in [0.25, 0.3) is 10.0 Å². The summed E-state index contributed by atoms with van der Waals surface area (Å²) >= 11 is 0. The number of halogens is 2. The lowest BCUT2D eigenvalue weighted by molar-refractivity contribution is 0.588. The molecule has 1 heterocycles. The molecule has 0 saturated heterocycles. The van der Waals surface area contributed by atoms with Crippen molar-refractivity contribution in [2.75, 3.05) is 4.72 Å². The third kappa shape index (κ3) is 2.88. The second-order valence-electron chi connectivity index (χ2n) is 4.52. The van der Waals surface area contributed by atoms with Crippen LogP contribution in [0.5, 0.6) is 0 Å². The first kappa shape index (κ1) is 15.4. The van der Waals surface area contributed by atoms with Crippen LogP contribution >= 0.6 is 0 Å². The molecule has 0 aliphatic heterocycles. The van der Waals surface area contributed by atoms with Crippen LogP contribution in [0.25, 0.3) is 0 Å². The average Bonchev–Trinajstić information content (AvgIpc) is 2.77. The highest BCUT2D eigenvalue weighted by atomic mass is 32.2. The van der Waals surface area contributed by atoms with Crippen molar-refractivity contribution in [1.29, 1.82) is 0 Å². The Balaban J connectivity index is 2.45. The molecule has 0 spiro atoms. The van der Waals surface area contributed by atoms with Crippen molar-refractivity contribution in [3.05, 3.63) is 40.6 Å². The predicted molar refractivity (Wildman–Crippen MR) is 73.1 cm³/mol. The molecule has 0 aliphatic rings. The number of aryl methyl sites for hydroxylation is 2. The smallest absolute Gasteiger partial charge is 0.281 e. The van der Waals surface area contributed by atoms with Crippen LogP contribution in [0.4, 0.5) is 14.5 Å². The van der Waals surface area contributed by atoms with Crippen LogP contribution in [0, 0.1) is 25.5 Å². The number of aromatic amines is 1. The summed E-state index contributed by atoms with van der Waals surface area (Å²) in [5.74, 6) is -1.59. The lowest BCUT2D eigenvalue weighted by atomic mass is 10.2. The van der Waals surface area contributed by atoms with Gasteiger partial charge < -0.3 is 5.73 Å². The average molecular weight is 316 g/mol. The fraction of sp³-hybridized carbons (Fsp3) is 0.250. The minimum atomic E-state index is -4.17. The first-order chi connectivity index (χ1) is 9.76. The molecule has 0 aliphatic carbocycles. The van der Waals surface area contributed by atoms with E-state index in [9.17, 15) is 17.2 Å². The molecule has 21 heavy (non-hydrogen) atoms. The van der Waals surface area contributed by atoms with E-state index in [0.717, 1.165) is 12.1 Å². The van der Waals surface area contributed by atoms with Gasteiger partial charge in [0.1, 0.15) is 11.6 Å². The molecule has 2 aromatic rings. The van der Waals surface area contributed by atoms with E-state index in [1.165, 1.54) is 6.92 Å². The van der Waals surface area contributed by atoms with Crippen molar-refractivity contribution in [3.8, 4) is 0 Å². The molecule has 0 amide bonds. The second kappa shape index (κ2) is 5.41. The van der Waals surface area contributed by atoms with E-state index in [2.05, 4.69) is 10.2 Å². The highest BCUT2D eigenvalue weighted by Crippen LogP contribution is 2.23. The summed E-state index contributed by atoms with van der Waals surface area (Å²) in [6.45, 7) is 2.93. The Labute approximate surface area is 120 Å². The van der Waals surface area contributed by atoms with E-state index < -0.39 is 27.3 Å². The van der Waals surface area contributed by atoms with E-state index in [-0.39, 0.29) is 22.7 Å². The van der Waals surface area contributed by atoms with Crippen molar-refractivity contribution in [3.63, 3.8) is 0 Å². The van der Waals surface area contributed by atoms with Crippen LogP contribution in [-0.4, -0.2) is 18.6 Å². The van der Waals surface area contributed by atoms with Gasteiger partial charge in [0.15, 0.2) is 0 Å². The first-order valence-corrected chi connectivity index (χ1v) is 7.47. The maximum absolute atomic E-state index is 13.7. The molecule has 0 bridgehead atoms. The predicted octanol–water partition coefficient (Wildman–Crippen LogP) is 1.56. The summed E-state index contributed by atoms with van der Waals surface area (Å²) in [6.07, 6.45) is 0. The summed E-state index contributed by atoms with van der Waals surface area (Å²) in [7, 11) is -4.17. The summed E-state index contributed by atoms with van der Waals surface area (Å²) in [5, 5.41) is 5.82. The molecule has 1 aromatic heterocycles. The molecule has 6 nitrogen and oxygen atoms in total. The summed E-state index contributed by atoms with van der Waals surface area (Å²) in [5.41, 5.74) is 5.85. The Hall–Kier alpha value is -2.00. The minimum Gasteiger partial charge on any atom is -0.326 e. The fourth-order valence-corrected chi connectivity index (χ4v) is 3.08. The minimum absolute atomic E-state index is 0.0523. The van der Waals surface area contributed by atoms with E-state index in [1.54, 1.807) is 6.92 Å². The maximum atomic E-state index is 13.7. The van der Waals surface area contributed by atoms with Crippen molar-refractivity contribution >= 4 is 15.7 Å². The summed E-state index contributed by atoms with van der Waals surface area (Å²) in [6, 6.07) is 1.69. The van der Waals surface area contributed by atoms with Crippen LogP contribution in [0.2, 0.25) is 0 Å². The fourth-order valence-electron chi connectivity index (χ4n) is 1.81. The van der Waals surface area contributed by atoms with Gasteiger partial charge in [0.2, 0.25) is 5.03 Å². The lowest BCUT2D eigenvalue weighted by Crippen LogP contribution is -2.17. The van der Waals surface area contributed by atoms with Gasteiger partial charge >= 0.3 is 0 Å². The molecular weight excluding hydrogens is 302 g/mol. The second-order valence-corrected chi connectivity index (χ2v) is 6.12. The molecule has 0 saturated carbocycles. The van der Waals surface area contributed by atoms with Crippen molar-refractivity contribution < 1.29 is 17.2 Å². The third-order valence-corrected chi connectivity index (χ3v) is 4.32. The molecule has 9 heteroatoms.